The van der Waals surface area contributed by atoms with Crippen LogP contribution in [0, 0.1) is 11.8 Å². The molecule has 4 rings (SSSR count). The number of carbonyl (C=O) groups is 2. The third-order valence-electron chi connectivity index (χ3n) is 6.31. The Hall–Kier alpha value is -2.75. The van der Waals surface area contributed by atoms with Crippen LogP contribution < -0.4 is 0 Å². The maximum absolute atomic E-state index is 13.4. The molecule has 1 fully saturated rings. The lowest BCUT2D eigenvalue weighted by atomic mass is 9.87. The minimum atomic E-state index is -0.207. The number of carbonyl (C=O) groups excluding carboxylic acids is 2. The molecule has 0 spiro atoms. The maximum atomic E-state index is 13.4. The lowest BCUT2D eigenvalue weighted by Gasteiger charge is -2.31. The van der Waals surface area contributed by atoms with Crippen LogP contribution in [-0.2, 0) is 16.0 Å². The van der Waals surface area contributed by atoms with Crippen molar-refractivity contribution in [3.63, 3.8) is 0 Å². The van der Waals surface area contributed by atoms with Crippen LogP contribution in [0.15, 0.2) is 70.8 Å². The minimum absolute atomic E-state index is 0.0298. The molecule has 1 atom stereocenters. The van der Waals surface area contributed by atoms with E-state index in [9.17, 15) is 9.59 Å². The second-order valence-electron chi connectivity index (χ2n) is 8.64. The smallest absolute Gasteiger partial charge is 0.274 e. The molecule has 2 aliphatic carbocycles. The van der Waals surface area contributed by atoms with E-state index in [1.165, 1.54) is 12.0 Å². The van der Waals surface area contributed by atoms with Gasteiger partial charge in [0, 0.05) is 24.0 Å². The molecule has 0 aromatic heterocycles. The summed E-state index contributed by atoms with van der Waals surface area (Å²) in [5.41, 5.74) is 3.75. The van der Waals surface area contributed by atoms with E-state index < -0.39 is 0 Å². The lowest BCUT2D eigenvalue weighted by molar-refractivity contribution is -0.136. The SMILES string of the molecule is CC1=CC2=NC(=O)C(CN(CCc3ccccc3)C(=O)C3CCCCC3)=CC2C=C1. The van der Waals surface area contributed by atoms with E-state index in [-0.39, 0.29) is 23.7 Å². The quantitative estimate of drug-likeness (QED) is 0.694. The van der Waals surface area contributed by atoms with E-state index in [0.29, 0.717) is 18.7 Å². The lowest BCUT2D eigenvalue weighted by Crippen LogP contribution is -2.41. The van der Waals surface area contributed by atoms with Crippen molar-refractivity contribution in [1.82, 2.24) is 4.90 Å². The molecule has 4 heteroatoms. The van der Waals surface area contributed by atoms with E-state index in [0.717, 1.165) is 43.4 Å². The van der Waals surface area contributed by atoms with Gasteiger partial charge in [0.05, 0.1) is 12.3 Å². The fraction of sp³-hybridized carbons (Fsp3) is 0.423. The van der Waals surface area contributed by atoms with Crippen LogP contribution in [0.4, 0.5) is 0 Å². The van der Waals surface area contributed by atoms with Crippen molar-refractivity contribution in [2.75, 3.05) is 13.1 Å². The van der Waals surface area contributed by atoms with Gasteiger partial charge in [0.1, 0.15) is 0 Å². The number of nitrogens with zero attached hydrogens (tertiary/aromatic N) is 2. The van der Waals surface area contributed by atoms with Crippen molar-refractivity contribution < 1.29 is 9.59 Å². The number of rotatable bonds is 6. The summed E-state index contributed by atoms with van der Waals surface area (Å²) in [5, 5.41) is 0. The molecule has 2 amide bonds. The van der Waals surface area contributed by atoms with E-state index in [4.69, 9.17) is 0 Å². The standard InChI is InChI=1S/C26H30N2O2/c1-19-12-13-22-17-23(25(29)27-24(22)16-19)18-28(15-14-20-8-4-2-5-9-20)26(30)21-10-6-3-7-11-21/h2,4-5,8-9,12-13,16-17,21-22H,3,6-7,10-11,14-15,18H2,1H3. The summed E-state index contributed by atoms with van der Waals surface area (Å²) in [5.74, 6) is 0.112. The topological polar surface area (TPSA) is 49.7 Å². The number of hydrogen-bond donors (Lipinski definition) is 0. The first-order valence-electron chi connectivity index (χ1n) is 11.1. The highest BCUT2D eigenvalue weighted by atomic mass is 16.2. The van der Waals surface area contributed by atoms with Crippen LogP contribution in [0.5, 0.6) is 0 Å². The summed E-state index contributed by atoms with van der Waals surface area (Å²) in [6.45, 7) is 2.98. The van der Waals surface area contributed by atoms with Gasteiger partial charge in [0.25, 0.3) is 5.91 Å². The van der Waals surface area contributed by atoms with E-state index in [1.807, 2.05) is 42.2 Å². The van der Waals surface area contributed by atoms with Crippen LogP contribution in [0.2, 0.25) is 0 Å². The van der Waals surface area contributed by atoms with Gasteiger partial charge >= 0.3 is 0 Å². The second kappa shape index (κ2) is 9.38. The van der Waals surface area contributed by atoms with Gasteiger partial charge in [0.2, 0.25) is 5.91 Å². The molecule has 0 bridgehead atoms. The highest BCUT2D eigenvalue weighted by Crippen LogP contribution is 2.27. The summed E-state index contributed by atoms with van der Waals surface area (Å²) in [6.07, 6.45) is 14.3. The first kappa shape index (κ1) is 20.5. The van der Waals surface area contributed by atoms with Gasteiger partial charge in [-0.25, -0.2) is 4.99 Å². The molecule has 1 aromatic carbocycles. The molecule has 3 aliphatic rings. The summed E-state index contributed by atoms with van der Waals surface area (Å²) >= 11 is 0. The summed E-state index contributed by atoms with van der Waals surface area (Å²) in [4.78, 5) is 32.3. The number of hydrogen-bond acceptors (Lipinski definition) is 2. The average Bonchev–Trinajstić information content (AvgIpc) is 2.78. The molecule has 1 aliphatic heterocycles. The Morgan fingerprint density at radius 3 is 2.67 bits per heavy atom. The summed E-state index contributed by atoms with van der Waals surface area (Å²) in [6, 6.07) is 10.2. The van der Waals surface area contributed by atoms with Crippen molar-refractivity contribution in [3.8, 4) is 0 Å². The Morgan fingerprint density at radius 2 is 1.90 bits per heavy atom. The van der Waals surface area contributed by atoms with Gasteiger partial charge in [-0.2, -0.15) is 0 Å². The van der Waals surface area contributed by atoms with E-state index >= 15 is 0 Å². The summed E-state index contributed by atoms with van der Waals surface area (Å²) < 4.78 is 0. The Labute approximate surface area is 179 Å². The molecule has 30 heavy (non-hydrogen) atoms. The molecule has 1 aromatic rings. The largest absolute Gasteiger partial charge is 0.338 e. The summed E-state index contributed by atoms with van der Waals surface area (Å²) in [7, 11) is 0. The Morgan fingerprint density at radius 1 is 1.13 bits per heavy atom. The highest BCUT2D eigenvalue weighted by Gasteiger charge is 2.29. The van der Waals surface area contributed by atoms with Gasteiger partial charge in [-0.15, -0.1) is 0 Å². The number of benzene rings is 1. The normalized spacial score (nSPS) is 21.4. The number of amides is 2. The van der Waals surface area contributed by atoms with Crippen molar-refractivity contribution in [3.05, 3.63) is 71.3 Å². The first-order chi connectivity index (χ1) is 14.6. The third kappa shape index (κ3) is 4.86. The van der Waals surface area contributed by atoms with Crippen LogP contribution in [0.1, 0.15) is 44.6 Å². The van der Waals surface area contributed by atoms with Crippen molar-refractivity contribution in [1.29, 1.82) is 0 Å². The molecule has 0 saturated heterocycles. The monoisotopic (exact) mass is 402 g/mol. The number of allylic oxidation sites excluding steroid dienone is 5. The van der Waals surface area contributed by atoms with E-state index in [1.54, 1.807) is 0 Å². The van der Waals surface area contributed by atoms with E-state index in [2.05, 4.69) is 29.3 Å². The molecule has 156 valence electrons. The molecular weight excluding hydrogens is 372 g/mol. The molecule has 1 saturated carbocycles. The second-order valence-corrected chi connectivity index (χ2v) is 8.64. The third-order valence-corrected chi connectivity index (χ3v) is 6.31. The highest BCUT2D eigenvalue weighted by molar-refractivity contribution is 6.13. The minimum Gasteiger partial charge on any atom is -0.338 e. The zero-order valence-corrected chi connectivity index (χ0v) is 17.7. The molecule has 0 N–H and O–H groups in total. The molecule has 4 nitrogen and oxygen atoms in total. The first-order valence-corrected chi connectivity index (χ1v) is 11.1. The number of fused-ring (bicyclic) bond motifs is 1. The Balaban J connectivity index is 1.51. The average molecular weight is 403 g/mol. The zero-order valence-electron chi connectivity index (χ0n) is 17.7. The Kier molecular flexibility index (Phi) is 6.41. The van der Waals surface area contributed by atoms with Crippen LogP contribution >= 0.6 is 0 Å². The predicted molar refractivity (Wildman–Crippen MR) is 120 cm³/mol. The fourth-order valence-corrected chi connectivity index (χ4v) is 4.57. The molecule has 1 heterocycles. The van der Waals surface area contributed by atoms with Gasteiger partial charge < -0.3 is 4.90 Å². The zero-order chi connectivity index (χ0) is 20.9. The molecule has 1 unspecified atom stereocenters. The molecule has 0 radical (unpaired) electrons. The van der Waals surface area contributed by atoms with Gasteiger partial charge in [-0.3, -0.25) is 9.59 Å². The van der Waals surface area contributed by atoms with Crippen molar-refractivity contribution in [2.24, 2.45) is 16.8 Å². The Bertz CT molecular complexity index is 918. The van der Waals surface area contributed by atoms with Crippen LogP contribution in [0.3, 0.4) is 0 Å². The van der Waals surface area contributed by atoms with Crippen molar-refractivity contribution in [2.45, 2.75) is 45.4 Å². The maximum Gasteiger partial charge on any atom is 0.274 e. The van der Waals surface area contributed by atoms with Gasteiger partial charge in [-0.1, -0.05) is 67.8 Å². The number of dihydropyridines is 1. The van der Waals surface area contributed by atoms with Crippen molar-refractivity contribution >= 4 is 17.5 Å². The predicted octanol–water partition coefficient (Wildman–Crippen LogP) is 4.68. The van der Waals surface area contributed by atoms with Gasteiger partial charge in [-0.05, 0) is 43.4 Å². The van der Waals surface area contributed by atoms with Crippen LogP contribution in [-0.4, -0.2) is 35.5 Å². The van der Waals surface area contributed by atoms with Crippen LogP contribution in [0.25, 0.3) is 0 Å². The number of aliphatic imine (C=N–C) groups is 1. The van der Waals surface area contributed by atoms with Gasteiger partial charge in [0.15, 0.2) is 0 Å². The fourth-order valence-electron chi connectivity index (χ4n) is 4.57. The molecular formula is C26H30N2O2.